The van der Waals surface area contributed by atoms with Crippen LogP contribution >= 0.6 is 0 Å². The van der Waals surface area contributed by atoms with Gasteiger partial charge in [0.1, 0.15) is 11.9 Å². The van der Waals surface area contributed by atoms with Gasteiger partial charge in [-0.05, 0) is 30.5 Å². The number of aromatic nitrogens is 1. The molecule has 0 unspecified atom stereocenters. The van der Waals surface area contributed by atoms with Crippen molar-refractivity contribution >= 4 is 0 Å². The Balaban J connectivity index is 2.32. The van der Waals surface area contributed by atoms with Gasteiger partial charge in [-0.15, -0.1) is 0 Å². The van der Waals surface area contributed by atoms with Gasteiger partial charge in [-0.3, -0.25) is 0 Å². The van der Waals surface area contributed by atoms with Crippen molar-refractivity contribution in [2.24, 2.45) is 5.92 Å². The third-order valence-electron chi connectivity index (χ3n) is 2.55. The van der Waals surface area contributed by atoms with E-state index in [-0.39, 0.29) is 5.56 Å². The zero-order valence-corrected chi connectivity index (χ0v) is 10.3. The van der Waals surface area contributed by atoms with Gasteiger partial charge in [0.25, 0.3) is 0 Å². The van der Waals surface area contributed by atoms with E-state index < -0.39 is 5.82 Å². The average molecular weight is 244 g/mol. The lowest BCUT2D eigenvalue weighted by Gasteiger charge is -1.98. The van der Waals surface area contributed by atoms with Crippen LogP contribution in [-0.4, -0.2) is 5.16 Å². The molecule has 1 aromatic heterocycles. The first-order chi connectivity index (χ1) is 8.60. The van der Waals surface area contributed by atoms with Crippen LogP contribution in [0.5, 0.6) is 0 Å². The van der Waals surface area contributed by atoms with E-state index in [2.05, 4.69) is 19.0 Å². The lowest BCUT2D eigenvalue weighted by Crippen LogP contribution is -1.92. The van der Waals surface area contributed by atoms with Crippen molar-refractivity contribution in [2.45, 2.75) is 20.3 Å². The first-order valence-corrected chi connectivity index (χ1v) is 5.75. The minimum Gasteiger partial charge on any atom is -0.356 e. The molecule has 0 aliphatic heterocycles. The van der Waals surface area contributed by atoms with Crippen molar-refractivity contribution in [1.29, 1.82) is 5.26 Å². The van der Waals surface area contributed by atoms with Crippen LogP contribution in [0.3, 0.4) is 0 Å². The zero-order valence-electron chi connectivity index (χ0n) is 10.3. The highest BCUT2D eigenvalue weighted by molar-refractivity contribution is 5.60. The van der Waals surface area contributed by atoms with Gasteiger partial charge < -0.3 is 4.52 Å². The highest BCUT2D eigenvalue weighted by Gasteiger charge is 2.10. The van der Waals surface area contributed by atoms with Crippen molar-refractivity contribution in [1.82, 2.24) is 5.16 Å². The second-order valence-corrected chi connectivity index (χ2v) is 4.59. The second-order valence-electron chi connectivity index (χ2n) is 4.59. The molecule has 0 radical (unpaired) electrons. The SMILES string of the molecule is CC(C)Cc1cc(-c2ccc(F)c(C#N)c2)on1. The van der Waals surface area contributed by atoms with Gasteiger partial charge in [0.2, 0.25) is 0 Å². The normalized spacial score (nSPS) is 10.6. The summed E-state index contributed by atoms with van der Waals surface area (Å²) in [7, 11) is 0. The summed E-state index contributed by atoms with van der Waals surface area (Å²) in [5, 5.41) is 12.7. The maximum Gasteiger partial charge on any atom is 0.167 e. The highest BCUT2D eigenvalue weighted by Crippen LogP contribution is 2.23. The molecular formula is C14H13FN2O. The molecule has 0 fully saturated rings. The summed E-state index contributed by atoms with van der Waals surface area (Å²) >= 11 is 0. The Morgan fingerprint density at radius 3 is 2.83 bits per heavy atom. The summed E-state index contributed by atoms with van der Waals surface area (Å²) in [5.74, 6) is 0.524. The summed E-state index contributed by atoms with van der Waals surface area (Å²) in [6, 6.07) is 7.94. The first kappa shape index (κ1) is 12.3. The molecule has 0 spiro atoms. The molecule has 0 N–H and O–H groups in total. The van der Waals surface area contributed by atoms with Gasteiger partial charge >= 0.3 is 0 Å². The molecule has 0 bridgehead atoms. The molecule has 1 heterocycles. The molecular weight excluding hydrogens is 231 g/mol. The van der Waals surface area contributed by atoms with Gasteiger partial charge in [-0.2, -0.15) is 5.26 Å². The van der Waals surface area contributed by atoms with Crippen LogP contribution in [0.1, 0.15) is 25.1 Å². The van der Waals surface area contributed by atoms with E-state index in [9.17, 15) is 4.39 Å². The maximum absolute atomic E-state index is 13.2. The largest absolute Gasteiger partial charge is 0.356 e. The minimum atomic E-state index is -0.525. The van der Waals surface area contributed by atoms with Crippen molar-refractivity contribution in [2.75, 3.05) is 0 Å². The van der Waals surface area contributed by atoms with Gasteiger partial charge in [0.15, 0.2) is 5.76 Å². The predicted molar refractivity (Wildman–Crippen MR) is 65.2 cm³/mol. The molecule has 4 heteroatoms. The molecule has 0 atom stereocenters. The second kappa shape index (κ2) is 5.01. The van der Waals surface area contributed by atoms with Gasteiger partial charge in [0, 0.05) is 11.6 Å². The van der Waals surface area contributed by atoms with Crippen molar-refractivity contribution < 1.29 is 8.91 Å². The number of halogens is 1. The average Bonchev–Trinajstić information content (AvgIpc) is 2.77. The molecule has 2 aromatic rings. The Bertz CT molecular complexity index is 596. The molecule has 0 saturated heterocycles. The highest BCUT2D eigenvalue weighted by atomic mass is 19.1. The van der Waals surface area contributed by atoms with E-state index in [0.29, 0.717) is 17.2 Å². The Morgan fingerprint density at radius 1 is 1.39 bits per heavy atom. The summed E-state index contributed by atoms with van der Waals surface area (Å²) in [6.45, 7) is 4.19. The van der Waals surface area contributed by atoms with E-state index in [1.807, 2.05) is 12.1 Å². The van der Waals surface area contributed by atoms with E-state index in [0.717, 1.165) is 12.1 Å². The van der Waals surface area contributed by atoms with Crippen LogP contribution in [0, 0.1) is 23.1 Å². The molecule has 0 aliphatic carbocycles. The fourth-order valence-electron chi connectivity index (χ4n) is 1.73. The number of hydrogen-bond donors (Lipinski definition) is 0. The third kappa shape index (κ3) is 2.57. The Labute approximate surface area is 105 Å². The Morgan fingerprint density at radius 2 is 2.17 bits per heavy atom. The molecule has 1 aromatic carbocycles. The van der Waals surface area contributed by atoms with Crippen LogP contribution in [0.25, 0.3) is 11.3 Å². The lowest BCUT2D eigenvalue weighted by atomic mass is 10.1. The maximum atomic E-state index is 13.2. The molecule has 0 amide bonds. The van der Waals surface area contributed by atoms with Crippen LogP contribution in [-0.2, 0) is 6.42 Å². The van der Waals surface area contributed by atoms with Gasteiger partial charge in [-0.25, -0.2) is 4.39 Å². The van der Waals surface area contributed by atoms with E-state index in [1.165, 1.54) is 12.1 Å². The first-order valence-electron chi connectivity index (χ1n) is 5.75. The summed E-state index contributed by atoms with van der Waals surface area (Å²) < 4.78 is 18.4. The van der Waals surface area contributed by atoms with E-state index in [1.54, 1.807) is 6.07 Å². The number of nitrogens with zero attached hydrogens (tertiary/aromatic N) is 2. The number of hydrogen-bond acceptors (Lipinski definition) is 3. The molecule has 0 saturated carbocycles. The monoisotopic (exact) mass is 244 g/mol. The van der Waals surface area contributed by atoms with Crippen LogP contribution in [0.2, 0.25) is 0 Å². The zero-order chi connectivity index (χ0) is 13.1. The van der Waals surface area contributed by atoms with E-state index >= 15 is 0 Å². The van der Waals surface area contributed by atoms with Crippen molar-refractivity contribution in [3.63, 3.8) is 0 Å². The molecule has 0 aliphatic rings. The topological polar surface area (TPSA) is 49.8 Å². The lowest BCUT2D eigenvalue weighted by molar-refractivity contribution is 0.418. The smallest absolute Gasteiger partial charge is 0.167 e. The number of rotatable bonds is 3. The Hall–Kier alpha value is -2.15. The number of benzene rings is 1. The van der Waals surface area contributed by atoms with Gasteiger partial charge in [-0.1, -0.05) is 19.0 Å². The fraction of sp³-hybridized carbons (Fsp3) is 0.286. The summed E-state index contributed by atoms with van der Waals surface area (Å²) in [5.41, 5.74) is 1.53. The van der Waals surface area contributed by atoms with Gasteiger partial charge in [0.05, 0.1) is 11.3 Å². The van der Waals surface area contributed by atoms with E-state index in [4.69, 9.17) is 9.78 Å². The fourth-order valence-corrected chi connectivity index (χ4v) is 1.73. The molecule has 3 nitrogen and oxygen atoms in total. The quantitative estimate of drug-likeness (QED) is 0.829. The van der Waals surface area contributed by atoms with Crippen LogP contribution < -0.4 is 0 Å². The van der Waals surface area contributed by atoms with Crippen molar-refractivity contribution in [3.8, 4) is 17.4 Å². The minimum absolute atomic E-state index is 0.00862. The summed E-state index contributed by atoms with van der Waals surface area (Å²) in [4.78, 5) is 0. The van der Waals surface area contributed by atoms with Crippen molar-refractivity contribution in [3.05, 3.63) is 41.3 Å². The number of nitriles is 1. The molecule has 2 rings (SSSR count). The molecule has 92 valence electrons. The molecule has 18 heavy (non-hydrogen) atoms. The third-order valence-corrected chi connectivity index (χ3v) is 2.55. The standard InChI is InChI=1S/C14H13FN2O/c1-9(2)5-12-7-14(18-17-12)10-3-4-13(15)11(6-10)8-16/h3-4,6-7,9H,5H2,1-2H3. The predicted octanol–water partition coefficient (Wildman–Crippen LogP) is 3.55. The summed E-state index contributed by atoms with van der Waals surface area (Å²) in [6.07, 6.45) is 0.829. The Kier molecular flexibility index (Phi) is 3.42. The van der Waals surface area contributed by atoms with Crippen LogP contribution in [0.4, 0.5) is 4.39 Å². The van der Waals surface area contributed by atoms with Crippen LogP contribution in [0.15, 0.2) is 28.8 Å².